The molecule has 2 aromatic heterocycles. The van der Waals surface area contributed by atoms with Gasteiger partial charge in [0.25, 0.3) is 5.91 Å². The summed E-state index contributed by atoms with van der Waals surface area (Å²) < 4.78 is 0. The van der Waals surface area contributed by atoms with Gasteiger partial charge in [-0.05, 0) is 92.1 Å². The first-order valence-electron chi connectivity index (χ1n) is 13.9. The van der Waals surface area contributed by atoms with Gasteiger partial charge in [-0.25, -0.2) is 0 Å². The fraction of sp³-hybridized carbons (Fsp3) is 0.312. The van der Waals surface area contributed by atoms with E-state index in [0.717, 1.165) is 60.0 Å². The number of hydrogen-bond donors (Lipinski definition) is 3. The molecule has 8 nitrogen and oxygen atoms in total. The number of carbonyl (C=O) groups is 2. The summed E-state index contributed by atoms with van der Waals surface area (Å²) in [5.74, 6) is 1.23. The zero-order chi connectivity index (χ0) is 27.3. The minimum Gasteiger partial charge on any atom is -0.399 e. The van der Waals surface area contributed by atoms with Crippen molar-refractivity contribution in [1.82, 2.24) is 9.97 Å². The monoisotopic (exact) mass is 533 g/mol. The van der Waals surface area contributed by atoms with E-state index in [1.807, 2.05) is 42.5 Å². The Labute approximate surface area is 232 Å². The smallest absolute Gasteiger partial charge is 0.274 e. The number of H-pyrrole nitrogens is 1. The molecule has 4 fully saturated rings. The lowest BCUT2D eigenvalue weighted by Gasteiger charge is -2.55. The van der Waals surface area contributed by atoms with Crippen molar-refractivity contribution in [3.63, 3.8) is 0 Å². The van der Waals surface area contributed by atoms with Gasteiger partial charge >= 0.3 is 0 Å². The third-order valence-corrected chi connectivity index (χ3v) is 8.93. The number of pyridine rings is 1. The zero-order valence-corrected chi connectivity index (χ0v) is 22.3. The van der Waals surface area contributed by atoms with Crippen LogP contribution in [0.2, 0.25) is 0 Å². The molecular formula is C32H31N5O3. The Morgan fingerprint density at radius 2 is 1.73 bits per heavy atom. The van der Waals surface area contributed by atoms with E-state index in [0.29, 0.717) is 29.1 Å². The van der Waals surface area contributed by atoms with Gasteiger partial charge in [-0.3, -0.25) is 14.6 Å². The first-order chi connectivity index (χ1) is 19.5. The highest BCUT2D eigenvalue weighted by Crippen LogP contribution is 2.59. The van der Waals surface area contributed by atoms with Crippen molar-refractivity contribution in [3.8, 4) is 11.3 Å². The van der Waals surface area contributed by atoms with E-state index < -0.39 is 0 Å². The Morgan fingerprint density at radius 1 is 0.950 bits per heavy atom. The molecule has 2 aromatic carbocycles. The minimum absolute atomic E-state index is 0.141. The van der Waals surface area contributed by atoms with Crippen LogP contribution in [0, 0.1) is 23.2 Å². The number of rotatable bonds is 6. The van der Waals surface area contributed by atoms with Crippen LogP contribution in [0.25, 0.3) is 22.2 Å². The second-order valence-electron chi connectivity index (χ2n) is 11.5. The van der Waals surface area contributed by atoms with Crippen LogP contribution in [0.5, 0.6) is 0 Å². The number of hydrogen-bond acceptors (Lipinski definition) is 5. The van der Waals surface area contributed by atoms with E-state index in [4.69, 9.17) is 4.84 Å². The number of nitrogens with zero attached hydrogens (tertiary/aromatic N) is 2. The number of nitrogens with one attached hydrogen (secondary N) is 3. The predicted octanol–water partition coefficient (Wildman–Crippen LogP) is 6.25. The molecule has 4 bridgehead atoms. The summed E-state index contributed by atoms with van der Waals surface area (Å²) in [6, 6.07) is 21.1. The molecule has 0 aliphatic heterocycles. The normalized spacial score (nSPS) is 25.7. The number of aromatic nitrogens is 2. The molecule has 2 amide bonds. The summed E-state index contributed by atoms with van der Waals surface area (Å²) in [4.78, 5) is 38.8. The Morgan fingerprint density at radius 3 is 2.45 bits per heavy atom. The molecule has 4 saturated carbocycles. The maximum absolute atomic E-state index is 13.6. The van der Waals surface area contributed by atoms with Crippen molar-refractivity contribution in [3.05, 3.63) is 78.6 Å². The van der Waals surface area contributed by atoms with Gasteiger partial charge in [-0.1, -0.05) is 23.4 Å². The quantitative estimate of drug-likeness (QED) is 0.255. The molecule has 8 heteroatoms. The number of carbonyl (C=O) groups excluding carboxylic acids is 2. The first kappa shape index (κ1) is 24.6. The molecule has 40 heavy (non-hydrogen) atoms. The summed E-state index contributed by atoms with van der Waals surface area (Å²) in [6.07, 6.45) is 6.57. The molecule has 202 valence electrons. The Hall–Kier alpha value is -4.46. The van der Waals surface area contributed by atoms with Gasteiger partial charge in [0.2, 0.25) is 5.91 Å². The average Bonchev–Trinajstić information content (AvgIpc) is 3.39. The van der Waals surface area contributed by atoms with E-state index in [-0.39, 0.29) is 17.2 Å². The molecule has 4 aromatic rings. The maximum atomic E-state index is 13.6. The standard InChI is InChI=1S/C32H31N5O3/c1-40-37-29-22-12-19-13-23(29)18-32(16-19,17-22)31(39)35-24-7-5-20(6-8-24)28-15-21-14-25(9-10-26(21)36-28)34-30(38)27-4-2-3-11-33-27/h2-11,14-15,19,22-23,36H,12-13,16-18H2,1H3,(H,34,38)(H,35,39)/t19?,22-,23+,32?. The third-order valence-electron chi connectivity index (χ3n) is 8.93. The van der Waals surface area contributed by atoms with E-state index in [2.05, 4.69) is 31.8 Å². The van der Waals surface area contributed by atoms with E-state index in [1.54, 1.807) is 31.5 Å². The molecule has 2 unspecified atom stereocenters. The number of oxime groups is 1. The average molecular weight is 534 g/mol. The topological polar surface area (TPSA) is 108 Å². The van der Waals surface area contributed by atoms with Crippen LogP contribution < -0.4 is 10.6 Å². The lowest BCUT2D eigenvalue weighted by atomic mass is 9.48. The van der Waals surface area contributed by atoms with Crippen LogP contribution in [-0.2, 0) is 9.63 Å². The van der Waals surface area contributed by atoms with Crippen LogP contribution in [0.15, 0.2) is 78.1 Å². The predicted molar refractivity (Wildman–Crippen MR) is 155 cm³/mol. The van der Waals surface area contributed by atoms with Crippen molar-refractivity contribution < 1.29 is 14.4 Å². The van der Waals surface area contributed by atoms with Gasteiger partial charge in [0.15, 0.2) is 0 Å². The Balaban J connectivity index is 1.05. The lowest BCUT2D eigenvalue weighted by Crippen LogP contribution is -2.55. The van der Waals surface area contributed by atoms with Gasteiger partial charge in [-0.15, -0.1) is 0 Å². The molecule has 4 aliphatic carbocycles. The van der Waals surface area contributed by atoms with Crippen molar-refractivity contribution in [2.45, 2.75) is 32.1 Å². The SMILES string of the molecule is CON=C1[C@@H]2CC3C[C@H]1CC(C(=O)Nc1ccc(-c4cc5cc(NC(=O)c6ccccn6)ccc5[nH]4)cc1)(C3)C2. The van der Waals surface area contributed by atoms with Crippen LogP contribution in [-0.4, -0.2) is 34.6 Å². The highest BCUT2D eigenvalue weighted by atomic mass is 16.6. The van der Waals surface area contributed by atoms with Gasteiger partial charge in [0.1, 0.15) is 12.8 Å². The molecule has 0 radical (unpaired) electrons. The van der Waals surface area contributed by atoms with Crippen molar-refractivity contribution in [2.75, 3.05) is 17.7 Å². The van der Waals surface area contributed by atoms with Crippen LogP contribution in [0.1, 0.15) is 42.6 Å². The molecule has 8 rings (SSSR count). The molecule has 4 aliphatic rings. The second kappa shape index (κ2) is 9.62. The minimum atomic E-state index is -0.303. The highest BCUT2D eigenvalue weighted by Gasteiger charge is 2.57. The van der Waals surface area contributed by atoms with Gasteiger partial charge in [-0.2, -0.15) is 0 Å². The number of anilines is 2. The number of aromatic amines is 1. The number of fused-ring (bicyclic) bond motifs is 1. The fourth-order valence-corrected chi connectivity index (χ4v) is 7.35. The van der Waals surface area contributed by atoms with Crippen molar-refractivity contribution >= 4 is 39.8 Å². The molecule has 0 saturated heterocycles. The van der Waals surface area contributed by atoms with Gasteiger partial charge in [0, 0.05) is 46.0 Å². The van der Waals surface area contributed by atoms with E-state index in [1.165, 1.54) is 5.71 Å². The lowest BCUT2D eigenvalue weighted by molar-refractivity contribution is -0.134. The molecule has 2 heterocycles. The molecule has 3 N–H and O–H groups in total. The number of benzene rings is 2. The second-order valence-corrected chi connectivity index (χ2v) is 11.5. The zero-order valence-electron chi connectivity index (χ0n) is 22.3. The number of amides is 2. The largest absolute Gasteiger partial charge is 0.399 e. The molecular weight excluding hydrogens is 502 g/mol. The third kappa shape index (κ3) is 4.33. The Bertz CT molecular complexity index is 1610. The maximum Gasteiger partial charge on any atom is 0.274 e. The van der Waals surface area contributed by atoms with Crippen molar-refractivity contribution in [1.29, 1.82) is 0 Å². The first-order valence-corrected chi connectivity index (χ1v) is 13.9. The van der Waals surface area contributed by atoms with Gasteiger partial charge in [0.05, 0.1) is 11.1 Å². The van der Waals surface area contributed by atoms with Crippen LogP contribution in [0.4, 0.5) is 11.4 Å². The van der Waals surface area contributed by atoms with Gasteiger partial charge < -0.3 is 20.5 Å². The summed E-state index contributed by atoms with van der Waals surface area (Å²) >= 11 is 0. The highest BCUT2D eigenvalue weighted by molar-refractivity contribution is 6.04. The summed E-state index contributed by atoms with van der Waals surface area (Å²) in [7, 11) is 1.61. The van der Waals surface area contributed by atoms with Crippen molar-refractivity contribution in [2.24, 2.45) is 28.3 Å². The summed E-state index contributed by atoms with van der Waals surface area (Å²) in [6.45, 7) is 0. The van der Waals surface area contributed by atoms with Crippen LogP contribution in [0.3, 0.4) is 0 Å². The summed E-state index contributed by atoms with van der Waals surface area (Å²) in [5.41, 5.74) is 5.72. The van der Waals surface area contributed by atoms with E-state index >= 15 is 0 Å². The summed E-state index contributed by atoms with van der Waals surface area (Å²) in [5, 5.41) is 11.5. The molecule has 0 spiro atoms. The Kier molecular flexibility index (Phi) is 5.91. The fourth-order valence-electron chi connectivity index (χ4n) is 7.35. The van der Waals surface area contributed by atoms with Crippen LogP contribution >= 0.6 is 0 Å². The van der Waals surface area contributed by atoms with E-state index in [9.17, 15) is 9.59 Å². The molecule has 4 atom stereocenters.